The van der Waals surface area contributed by atoms with Crippen LogP contribution in [-0.4, -0.2) is 35.1 Å². The molecular formula is C18H17BrIN7. The number of aromatic nitrogens is 6. The first kappa shape index (κ1) is 18.1. The Bertz CT molecular complexity index is 1170. The number of alkyl halides is 1. The Kier molecular flexibility index (Phi) is 5.24. The van der Waals surface area contributed by atoms with E-state index in [1.54, 1.807) is 0 Å². The van der Waals surface area contributed by atoms with Gasteiger partial charge >= 0.3 is 0 Å². The molecule has 3 aromatic heterocycles. The van der Waals surface area contributed by atoms with Crippen molar-refractivity contribution in [1.82, 2.24) is 30.2 Å². The Hall–Kier alpha value is -2.23. The lowest BCUT2D eigenvalue weighted by atomic mass is 10.1. The molecule has 0 unspecified atom stereocenters. The highest BCUT2D eigenvalue weighted by Crippen LogP contribution is 2.24. The van der Waals surface area contributed by atoms with E-state index >= 15 is 0 Å². The number of anilines is 1. The number of rotatable bonds is 5. The Morgan fingerprint density at radius 2 is 2.15 bits per heavy atom. The third-order valence-electron chi connectivity index (χ3n) is 3.93. The average molecular weight is 538 g/mol. The van der Waals surface area contributed by atoms with Gasteiger partial charge in [0, 0.05) is 17.1 Å². The van der Waals surface area contributed by atoms with Crippen LogP contribution in [0.4, 0.5) is 5.82 Å². The van der Waals surface area contributed by atoms with Gasteiger partial charge in [-0.1, -0.05) is 28.1 Å². The first-order chi connectivity index (χ1) is 13.1. The molecule has 3 heterocycles. The number of hydrogen-bond donors (Lipinski definition) is 2. The van der Waals surface area contributed by atoms with Crippen LogP contribution in [0.15, 0.2) is 47.2 Å². The Labute approximate surface area is 171 Å². The molecule has 2 N–H and O–H groups in total. The zero-order valence-electron chi connectivity index (χ0n) is 14.5. The fraction of sp³-hybridized carbons (Fsp3) is 0.167. The van der Waals surface area contributed by atoms with Gasteiger partial charge in [0.05, 0.1) is 12.7 Å². The highest BCUT2D eigenvalue weighted by molar-refractivity contribution is 14.2. The maximum absolute atomic E-state index is 5.98. The van der Waals surface area contributed by atoms with Gasteiger partial charge in [0.1, 0.15) is 11.3 Å². The molecule has 9 heteroatoms. The van der Waals surface area contributed by atoms with E-state index in [2.05, 4.69) is 63.3 Å². The molecule has 0 aliphatic rings. The minimum absolute atomic E-state index is 0.592. The quantitative estimate of drug-likeness (QED) is 0.228. The minimum Gasteiger partial charge on any atom is -0.321 e. The summed E-state index contributed by atoms with van der Waals surface area (Å²) in [6.45, 7) is 0.721. The Morgan fingerprint density at radius 3 is 2.96 bits per heavy atom. The van der Waals surface area contributed by atoms with Crippen molar-refractivity contribution < 1.29 is 0 Å². The number of pyridine rings is 1. The van der Waals surface area contributed by atoms with Gasteiger partial charge in [-0.25, -0.2) is 4.98 Å². The summed E-state index contributed by atoms with van der Waals surface area (Å²) >= 11 is 1.84. The molecule has 0 aliphatic carbocycles. The van der Waals surface area contributed by atoms with Crippen molar-refractivity contribution in [3.63, 3.8) is 0 Å². The zero-order chi connectivity index (χ0) is 18.8. The molecule has 1 aromatic carbocycles. The van der Waals surface area contributed by atoms with Crippen LogP contribution in [0.2, 0.25) is 0 Å². The maximum atomic E-state index is 5.98. The van der Waals surface area contributed by atoms with Crippen molar-refractivity contribution in [1.29, 1.82) is 0 Å². The molecular weight excluding hydrogens is 521 g/mol. The predicted octanol–water partition coefficient (Wildman–Crippen LogP) is 4.00. The molecule has 0 bridgehead atoms. The van der Waals surface area contributed by atoms with Gasteiger partial charge in [0.2, 0.25) is 5.65 Å². The second-order valence-corrected chi connectivity index (χ2v) is 10.5. The van der Waals surface area contributed by atoms with Crippen LogP contribution >= 0.6 is 35.3 Å². The number of hydrogen-bond acceptors (Lipinski definition) is 5. The van der Waals surface area contributed by atoms with Crippen molar-refractivity contribution in [3.05, 3.63) is 63.9 Å². The standard InChI is InChI=1S/C18H17BrIN7/c1-20(2)23-16-8-14(17-18(22-16)25-26-24-17)6-13-9-21-27(11-13)10-12-4-3-5-15(19)7-12/h1,3-5,7-9,11H,6,10H2,2H3,(H2,22,23,24,25,26). The van der Waals surface area contributed by atoms with Gasteiger partial charge in [-0.3, -0.25) is 4.68 Å². The predicted molar refractivity (Wildman–Crippen MR) is 118 cm³/mol. The lowest BCUT2D eigenvalue weighted by Gasteiger charge is -2.06. The molecule has 4 rings (SSSR count). The van der Waals surface area contributed by atoms with E-state index in [9.17, 15) is 0 Å². The van der Waals surface area contributed by atoms with Crippen molar-refractivity contribution in [2.24, 2.45) is 0 Å². The molecule has 27 heavy (non-hydrogen) atoms. The van der Waals surface area contributed by atoms with Gasteiger partial charge in [0.15, 0.2) is 0 Å². The summed E-state index contributed by atoms with van der Waals surface area (Å²) < 4.78 is 12.3. The molecule has 0 aliphatic heterocycles. The number of nitrogens with one attached hydrogen (secondary N) is 2. The summed E-state index contributed by atoms with van der Waals surface area (Å²) in [5.74, 6) is 0.753. The maximum Gasteiger partial charge on any atom is 0.203 e. The van der Waals surface area contributed by atoms with E-state index in [0.29, 0.717) is 12.1 Å². The number of aromatic amines is 1. The van der Waals surface area contributed by atoms with Crippen LogP contribution in [0.5, 0.6) is 0 Å². The molecule has 0 saturated carbocycles. The van der Waals surface area contributed by atoms with Crippen molar-refractivity contribution in [2.75, 3.05) is 8.46 Å². The van der Waals surface area contributed by atoms with Gasteiger partial charge in [-0.15, -0.1) is 9.41 Å². The normalized spacial score (nSPS) is 11.3. The number of H-pyrrole nitrogens is 1. The Morgan fingerprint density at radius 1 is 1.26 bits per heavy atom. The topological polar surface area (TPSA) is 84.3 Å². The van der Waals surface area contributed by atoms with E-state index in [0.717, 1.165) is 33.5 Å². The van der Waals surface area contributed by atoms with Gasteiger partial charge in [-0.2, -0.15) is 15.4 Å². The Balaban J connectivity index is 1.58. The van der Waals surface area contributed by atoms with Crippen molar-refractivity contribution in [3.8, 4) is 4.31 Å². The minimum atomic E-state index is -1.66. The third-order valence-corrected chi connectivity index (χ3v) is 5.83. The summed E-state index contributed by atoms with van der Waals surface area (Å²) in [6.07, 6.45) is 4.64. The summed E-state index contributed by atoms with van der Waals surface area (Å²) in [5, 5.41) is 15.5. The first-order valence-corrected chi connectivity index (χ1v) is 13.4. The molecule has 4 aromatic rings. The van der Waals surface area contributed by atoms with Crippen LogP contribution in [0.3, 0.4) is 0 Å². The first-order valence-electron chi connectivity index (χ1n) is 8.14. The largest absolute Gasteiger partial charge is 0.321 e. The number of fused-ring (bicyclic) bond motifs is 1. The molecule has 0 spiro atoms. The van der Waals surface area contributed by atoms with E-state index in [-0.39, 0.29) is 0 Å². The second-order valence-electron chi connectivity index (χ2n) is 6.13. The highest BCUT2D eigenvalue weighted by Gasteiger charge is 2.11. The van der Waals surface area contributed by atoms with E-state index in [1.807, 2.05) is 34.0 Å². The van der Waals surface area contributed by atoms with E-state index in [4.69, 9.17) is 4.31 Å². The third kappa shape index (κ3) is 4.37. The lowest BCUT2D eigenvalue weighted by molar-refractivity contribution is 0.686. The fourth-order valence-corrected chi connectivity index (χ4v) is 4.46. The second kappa shape index (κ2) is 7.79. The van der Waals surface area contributed by atoms with Crippen molar-refractivity contribution in [2.45, 2.75) is 13.0 Å². The average Bonchev–Trinajstić information content (AvgIpc) is 3.24. The number of nitrogens with zero attached hydrogens (tertiary/aromatic N) is 5. The fourth-order valence-electron chi connectivity index (χ4n) is 2.86. The number of benzene rings is 1. The molecule has 0 amide bonds. The van der Waals surface area contributed by atoms with Crippen molar-refractivity contribution >= 4 is 52.3 Å². The zero-order valence-corrected chi connectivity index (χ0v) is 18.3. The van der Waals surface area contributed by atoms with Crippen LogP contribution in [0, 0.1) is 4.31 Å². The lowest BCUT2D eigenvalue weighted by Crippen LogP contribution is -1.99. The van der Waals surface area contributed by atoms with Gasteiger partial charge in [0.25, 0.3) is 0 Å². The summed E-state index contributed by atoms with van der Waals surface area (Å²) in [7, 11) is 0. The molecule has 138 valence electrons. The van der Waals surface area contributed by atoms with Crippen LogP contribution in [-0.2, 0) is 13.0 Å². The van der Waals surface area contributed by atoms with E-state index in [1.165, 1.54) is 5.56 Å². The number of halogens is 2. The van der Waals surface area contributed by atoms with Crippen LogP contribution < -0.4 is 3.53 Å². The molecule has 0 atom stereocenters. The monoisotopic (exact) mass is 537 g/mol. The summed E-state index contributed by atoms with van der Waals surface area (Å²) in [5.41, 5.74) is 4.70. The SMILES string of the molecule is C#I(C)Nc1cc(Cc2cnn(Cc3cccc(Br)c3)c2)c2n[nH]nc2n1. The van der Waals surface area contributed by atoms with E-state index < -0.39 is 19.4 Å². The summed E-state index contributed by atoms with van der Waals surface area (Å²) in [6, 6.07) is 10.2. The van der Waals surface area contributed by atoms with Crippen LogP contribution in [0.25, 0.3) is 11.2 Å². The smallest absolute Gasteiger partial charge is 0.203 e. The van der Waals surface area contributed by atoms with Crippen LogP contribution in [0.1, 0.15) is 16.7 Å². The highest BCUT2D eigenvalue weighted by atomic mass is 127. The molecule has 7 nitrogen and oxygen atoms in total. The molecule has 0 saturated heterocycles. The molecule has 0 radical (unpaired) electrons. The van der Waals surface area contributed by atoms with Gasteiger partial charge in [-0.05, 0) is 59.2 Å². The molecule has 0 fully saturated rings. The van der Waals surface area contributed by atoms with Gasteiger partial charge < -0.3 is 3.53 Å². The summed E-state index contributed by atoms with van der Waals surface area (Å²) in [4.78, 5) is 6.48.